The zero-order chi connectivity index (χ0) is 14.8. The molecule has 1 aliphatic carbocycles. The smallest absolute Gasteiger partial charge is 0.273 e. The molecule has 0 unspecified atom stereocenters. The number of nitrogens with zero attached hydrogens (tertiary/aromatic N) is 5. The normalized spacial score (nSPS) is 19.8. The van der Waals surface area contributed by atoms with E-state index in [1.165, 1.54) is 6.42 Å². The average Bonchev–Trinajstić information content (AvgIpc) is 3.12. The van der Waals surface area contributed by atoms with Crippen molar-refractivity contribution < 1.29 is 4.79 Å². The zero-order valence-electron chi connectivity index (χ0n) is 12.8. The maximum atomic E-state index is 12.1. The van der Waals surface area contributed by atoms with Crippen LogP contribution in [0.4, 0.5) is 0 Å². The minimum Gasteiger partial charge on any atom is -0.345 e. The summed E-state index contributed by atoms with van der Waals surface area (Å²) in [4.78, 5) is 16.6. The molecule has 3 rings (SSSR count). The van der Waals surface area contributed by atoms with Gasteiger partial charge in [-0.1, -0.05) is 5.21 Å². The van der Waals surface area contributed by atoms with Crippen molar-refractivity contribution in [2.45, 2.75) is 31.3 Å². The van der Waals surface area contributed by atoms with E-state index >= 15 is 0 Å². The number of rotatable bonds is 7. The highest BCUT2D eigenvalue weighted by molar-refractivity contribution is 5.92. The van der Waals surface area contributed by atoms with Crippen LogP contribution in [0, 0.1) is 0 Å². The molecule has 1 aromatic rings. The lowest BCUT2D eigenvalue weighted by molar-refractivity contribution is 0.0800. The standard InChI is InChI=1S/C14H24N6O/c1-18(2)6-3-7-19-8-11(9-19)15-14(21)13-10-20(17-16-13)12-4-5-12/h10-12H,3-9H2,1-2H3,(H,15,21). The molecule has 1 aliphatic heterocycles. The largest absolute Gasteiger partial charge is 0.345 e. The summed E-state index contributed by atoms with van der Waals surface area (Å²) in [6.45, 7) is 4.09. The molecule has 7 nitrogen and oxygen atoms in total. The van der Waals surface area contributed by atoms with Crippen molar-refractivity contribution in [1.29, 1.82) is 0 Å². The first kappa shape index (κ1) is 14.5. The lowest BCUT2D eigenvalue weighted by atomic mass is 10.1. The SMILES string of the molecule is CN(C)CCCN1CC(NC(=O)c2cn(C3CC3)nn2)C1. The van der Waals surface area contributed by atoms with Crippen molar-refractivity contribution >= 4 is 5.91 Å². The molecule has 2 fully saturated rings. The quantitative estimate of drug-likeness (QED) is 0.765. The number of nitrogens with one attached hydrogen (secondary N) is 1. The van der Waals surface area contributed by atoms with E-state index in [0.29, 0.717) is 11.7 Å². The van der Waals surface area contributed by atoms with Crippen molar-refractivity contribution in [2.75, 3.05) is 40.3 Å². The number of likely N-dealkylation sites (tertiary alicyclic amines) is 1. The first-order valence-corrected chi connectivity index (χ1v) is 7.71. The van der Waals surface area contributed by atoms with Gasteiger partial charge in [0.2, 0.25) is 0 Å². The molecule has 2 aliphatic rings. The first-order valence-electron chi connectivity index (χ1n) is 7.71. The third-order valence-corrected chi connectivity index (χ3v) is 4.04. The molecule has 1 N–H and O–H groups in total. The summed E-state index contributed by atoms with van der Waals surface area (Å²) in [6, 6.07) is 0.720. The van der Waals surface area contributed by atoms with Crippen LogP contribution >= 0.6 is 0 Å². The maximum Gasteiger partial charge on any atom is 0.273 e. The Balaban J connectivity index is 1.36. The maximum absolute atomic E-state index is 12.1. The van der Waals surface area contributed by atoms with Crippen LogP contribution in [0.5, 0.6) is 0 Å². The van der Waals surface area contributed by atoms with Gasteiger partial charge in [0.05, 0.1) is 18.3 Å². The van der Waals surface area contributed by atoms with E-state index in [9.17, 15) is 4.79 Å². The van der Waals surface area contributed by atoms with Gasteiger partial charge in [-0.15, -0.1) is 5.10 Å². The van der Waals surface area contributed by atoms with Gasteiger partial charge in [0.1, 0.15) is 0 Å². The lowest BCUT2D eigenvalue weighted by Gasteiger charge is -2.39. The van der Waals surface area contributed by atoms with E-state index in [4.69, 9.17) is 0 Å². The van der Waals surface area contributed by atoms with Gasteiger partial charge in [0.15, 0.2) is 5.69 Å². The summed E-state index contributed by atoms with van der Waals surface area (Å²) in [5.41, 5.74) is 0.438. The lowest BCUT2D eigenvalue weighted by Crippen LogP contribution is -2.59. The number of amides is 1. The predicted molar refractivity (Wildman–Crippen MR) is 79.2 cm³/mol. The van der Waals surface area contributed by atoms with E-state index in [1.807, 2.05) is 4.68 Å². The highest BCUT2D eigenvalue weighted by atomic mass is 16.2. The molecule has 1 saturated heterocycles. The third-order valence-electron chi connectivity index (χ3n) is 4.04. The summed E-state index contributed by atoms with van der Waals surface area (Å²) in [5.74, 6) is -0.0974. The van der Waals surface area contributed by atoms with Crippen molar-refractivity contribution in [3.63, 3.8) is 0 Å². The molecule has 21 heavy (non-hydrogen) atoms. The minimum atomic E-state index is -0.0974. The van der Waals surface area contributed by atoms with E-state index in [1.54, 1.807) is 6.20 Å². The van der Waals surface area contributed by atoms with Crippen LogP contribution in [0.1, 0.15) is 35.8 Å². The minimum absolute atomic E-state index is 0.0974. The van der Waals surface area contributed by atoms with Crippen LogP contribution in [0.15, 0.2) is 6.20 Å². The van der Waals surface area contributed by atoms with Crippen molar-refractivity contribution in [3.05, 3.63) is 11.9 Å². The van der Waals surface area contributed by atoms with Gasteiger partial charge in [0, 0.05) is 13.1 Å². The van der Waals surface area contributed by atoms with Gasteiger partial charge in [-0.25, -0.2) is 4.68 Å². The predicted octanol–water partition coefficient (Wildman–Crippen LogP) is -0.0213. The van der Waals surface area contributed by atoms with Crippen LogP contribution < -0.4 is 5.32 Å². The van der Waals surface area contributed by atoms with E-state index in [-0.39, 0.29) is 11.9 Å². The summed E-state index contributed by atoms with van der Waals surface area (Å²) in [7, 11) is 4.18. The molecule has 1 aromatic heterocycles. The Labute approximate surface area is 125 Å². The highest BCUT2D eigenvalue weighted by Crippen LogP contribution is 2.33. The fourth-order valence-electron chi connectivity index (χ4n) is 2.61. The van der Waals surface area contributed by atoms with Gasteiger partial charge in [-0.05, 0) is 46.4 Å². The molecule has 0 aromatic carbocycles. The van der Waals surface area contributed by atoms with E-state index in [2.05, 4.69) is 39.5 Å². The molecule has 0 spiro atoms. The number of carbonyl (C=O) groups excluding carboxylic acids is 1. The molecular formula is C14H24N6O. The number of hydrogen-bond acceptors (Lipinski definition) is 5. The fourth-order valence-corrected chi connectivity index (χ4v) is 2.61. The topological polar surface area (TPSA) is 66.3 Å². The average molecular weight is 292 g/mol. The van der Waals surface area contributed by atoms with E-state index < -0.39 is 0 Å². The Kier molecular flexibility index (Phi) is 4.21. The second-order valence-electron chi connectivity index (χ2n) is 6.40. The molecule has 1 saturated carbocycles. The Bertz CT molecular complexity index is 489. The van der Waals surface area contributed by atoms with Gasteiger partial charge < -0.3 is 10.2 Å². The van der Waals surface area contributed by atoms with Crippen molar-refractivity contribution in [3.8, 4) is 0 Å². The second kappa shape index (κ2) is 6.11. The highest BCUT2D eigenvalue weighted by Gasteiger charge is 2.29. The van der Waals surface area contributed by atoms with Gasteiger partial charge >= 0.3 is 0 Å². The molecule has 1 amide bonds. The summed E-state index contributed by atoms with van der Waals surface area (Å²) >= 11 is 0. The van der Waals surface area contributed by atoms with Gasteiger partial charge in [-0.3, -0.25) is 9.69 Å². The Morgan fingerprint density at radius 1 is 1.43 bits per heavy atom. The number of hydrogen-bond donors (Lipinski definition) is 1. The molecular weight excluding hydrogens is 268 g/mol. The Morgan fingerprint density at radius 2 is 2.19 bits per heavy atom. The first-order chi connectivity index (χ1) is 10.1. The van der Waals surface area contributed by atoms with Gasteiger partial charge in [-0.2, -0.15) is 0 Å². The van der Waals surface area contributed by atoms with Crippen LogP contribution in [-0.2, 0) is 0 Å². The van der Waals surface area contributed by atoms with Crippen molar-refractivity contribution in [2.24, 2.45) is 0 Å². The van der Waals surface area contributed by atoms with Crippen LogP contribution in [-0.4, -0.2) is 77.0 Å². The molecule has 2 heterocycles. The molecule has 0 radical (unpaired) electrons. The Morgan fingerprint density at radius 3 is 2.86 bits per heavy atom. The Hall–Kier alpha value is -1.47. The summed E-state index contributed by atoms with van der Waals surface area (Å²) < 4.78 is 1.81. The van der Waals surface area contributed by atoms with Crippen LogP contribution in [0.2, 0.25) is 0 Å². The monoisotopic (exact) mass is 292 g/mol. The van der Waals surface area contributed by atoms with Gasteiger partial charge in [0.25, 0.3) is 5.91 Å². The third kappa shape index (κ3) is 3.79. The van der Waals surface area contributed by atoms with Crippen molar-refractivity contribution in [1.82, 2.24) is 30.1 Å². The van der Waals surface area contributed by atoms with E-state index in [0.717, 1.165) is 39.0 Å². The second-order valence-corrected chi connectivity index (χ2v) is 6.40. The summed E-state index contributed by atoms with van der Waals surface area (Å²) in [6.07, 6.45) is 5.23. The molecule has 116 valence electrons. The zero-order valence-corrected chi connectivity index (χ0v) is 12.8. The van der Waals surface area contributed by atoms with Crippen LogP contribution in [0.25, 0.3) is 0 Å². The molecule has 0 bridgehead atoms. The number of carbonyl (C=O) groups is 1. The number of aromatic nitrogens is 3. The molecule has 7 heteroatoms. The fraction of sp³-hybridized carbons (Fsp3) is 0.786. The summed E-state index contributed by atoms with van der Waals surface area (Å²) in [5, 5.41) is 11.0. The molecule has 0 atom stereocenters. The van der Waals surface area contributed by atoms with Crippen LogP contribution in [0.3, 0.4) is 0 Å².